The van der Waals surface area contributed by atoms with Gasteiger partial charge in [-0.25, -0.2) is 9.97 Å². The normalized spacial score (nSPS) is 25.5. The Labute approximate surface area is 153 Å². The predicted molar refractivity (Wildman–Crippen MR) is 94.8 cm³/mol. The Morgan fingerprint density at radius 2 is 1.92 bits per heavy atom. The van der Waals surface area contributed by atoms with Gasteiger partial charge in [0.15, 0.2) is 0 Å². The lowest BCUT2D eigenvalue weighted by Gasteiger charge is -2.29. The molecule has 0 radical (unpaired) electrons. The Kier molecular flexibility index (Phi) is 6.12. The monoisotopic (exact) mass is 356 g/mol. The number of rotatable bonds is 5. The van der Waals surface area contributed by atoms with E-state index in [0.717, 1.165) is 38.5 Å². The van der Waals surface area contributed by atoms with Gasteiger partial charge in [-0.1, -0.05) is 0 Å². The van der Waals surface area contributed by atoms with Crippen LogP contribution in [0.25, 0.3) is 0 Å². The van der Waals surface area contributed by atoms with Crippen molar-refractivity contribution in [3.63, 3.8) is 0 Å². The van der Waals surface area contributed by atoms with Crippen molar-refractivity contribution in [3.8, 4) is 6.07 Å². The maximum absolute atomic E-state index is 12.3. The molecule has 2 fully saturated rings. The van der Waals surface area contributed by atoms with Crippen molar-refractivity contribution < 1.29 is 9.59 Å². The molecular formula is C18H24N6O2. The number of carbonyl (C=O) groups excluding carboxylic acids is 2. The molecule has 2 amide bonds. The molecule has 1 aliphatic carbocycles. The summed E-state index contributed by atoms with van der Waals surface area (Å²) < 4.78 is 0. The Morgan fingerprint density at radius 3 is 2.62 bits per heavy atom. The van der Waals surface area contributed by atoms with Crippen LogP contribution >= 0.6 is 0 Å². The van der Waals surface area contributed by atoms with Gasteiger partial charge in [0, 0.05) is 18.5 Å². The third-order valence-corrected chi connectivity index (χ3v) is 5.19. The molecule has 1 aromatic heterocycles. The zero-order valence-electron chi connectivity index (χ0n) is 14.7. The van der Waals surface area contributed by atoms with Gasteiger partial charge in [0.25, 0.3) is 0 Å². The average molecular weight is 356 g/mol. The summed E-state index contributed by atoms with van der Waals surface area (Å²) in [6.07, 6.45) is 9.55. The predicted octanol–water partition coefficient (Wildman–Crippen LogP) is 1.08. The highest BCUT2D eigenvalue weighted by Gasteiger charge is 2.30. The highest BCUT2D eigenvalue weighted by molar-refractivity contribution is 5.92. The number of hydrogen-bond acceptors (Lipinski definition) is 6. The third-order valence-electron chi connectivity index (χ3n) is 5.19. The first-order valence-electron chi connectivity index (χ1n) is 9.15. The summed E-state index contributed by atoms with van der Waals surface area (Å²) in [4.78, 5) is 34.0. The van der Waals surface area contributed by atoms with Crippen molar-refractivity contribution in [1.82, 2.24) is 20.2 Å². The van der Waals surface area contributed by atoms with Crippen LogP contribution in [0.1, 0.15) is 38.5 Å². The van der Waals surface area contributed by atoms with Gasteiger partial charge in [-0.3, -0.25) is 9.59 Å². The zero-order chi connectivity index (χ0) is 18.4. The highest BCUT2D eigenvalue weighted by atomic mass is 16.2. The van der Waals surface area contributed by atoms with E-state index < -0.39 is 0 Å². The van der Waals surface area contributed by atoms with Gasteiger partial charge in [0.1, 0.15) is 12.4 Å². The van der Waals surface area contributed by atoms with Crippen LogP contribution in [-0.2, 0) is 9.59 Å². The van der Waals surface area contributed by atoms with E-state index in [1.165, 1.54) is 6.33 Å². The summed E-state index contributed by atoms with van der Waals surface area (Å²) in [5, 5.41) is 15.2. The molecule has 0 spiro atoms. The molecule has 3 rings (SSSR count). The first-order valence-corrected chi connectivity index (χ1v) is 9.15. The topological polar surface area (TPSA) is 111 Å². The van der Waals surface area contributed by atoms with Crippen LogP contribution in [0.3, 0.4) is 0 Å². The van der Waals surface area contributed by atoms with Crippen molar-refractivity contribution >= 4 is 17.5 Å². The second kappa shape index (κ2) is 8.72. The number of carbonyl (C=O) groups is 2. The zero-order valence-corrected chi connectivity index (χ0v) is 14.7. The van der Waals surface area contributed by atoms with Crippen molar-refractivity contribution in [2.45, 2.75) is 50.6 Å². The van der Waals surface area contributed by atoms with E-state index in [2.05, 4.69) is 26.7 Å². The van der Waals surface area contributed by atoms with Crippen LogP contribution in [0, 0.1) is 17.2 Å². The van der Waals surface area contributed by atoms with Crippen molar-refractivity contribution in [2.24, 2.45) is 5.92 Å². The fraction of sp³-hybridized carbons (Fsp3) is 0.611. The van der Waals surface area contributed by atoms with Gasteiger partial charge in [0.05, 0.1) is 30.7 Å². The van der Waals surface area contributed by atoms with E-state index in [-0.39, 0.29) is 36.4 Å². The summed E-state index contributed by atoms with van der Waals surface area (Å²) >= 11 is 0. The molecular weight excluding hydrogens is 332 g/mol. The Hall–Kier alpha value is -2.53. The first kappa shape index (κ1) is 18.3. The Balaban J connectivity index is 1.39. The lowest BCUT2D eigenvalue weighted by Crippen LogP contribution is -2.44. The molecule has 1 atom stereocenters. The smallest absolute Gasteiger partial charge is 0.237 e. The van der Waals surface area contributed by atoms with Crippen molar-refractivity contribution in [3.05, 3.63) is 18.7 Å². The van der Waals surface area contributed by atoms with Gasteiger partial charge in [-0.2, -0.15) is 5.26 Å². The summed E-state index contributed by atoms with van der Waals surface area (Å²) in [6, 6.07) is 2.16. The molecule has 0 bridgehead atoms. The Morgan fingerprint density at radius 1 is 1.19 bits per heavy atom. The second-order valence-corrected chi connectivity index (χ2v) is 6.92. The molecule has 2 N–H and O–H groups in total. The lowest BCUT2D eigenvalue weighted by atomic mass is 9.85. The number of likely N-dealkylation sites (tertiary alicyclic amines) is 1. The first-order chi connectivity index (χ1) is 12.7. The number of anilines is 1. The number of hydrogen-bond donors (Lipinski definition) is 2. The van der Waals surface area contributed by atoms with E-state index in [1.807, 2.05) is 0 Å². The number of amides is 2. The number of nitrogens with zero attached hydrogens (tertiary/aromatic N) is 4. The maximum Gasteiger partial charge on any atom is 0.237 e. The second-order valence-electron chi connectivity index (χ2n) is 6.92. The molecule has 0 aromatic carbocycles. The minimum Gasteiger partial charge on any atom is -0.326 e. The molecule has 2 aliphatic rings. The number of nitriles is 1. The molecule has 0 unspecified atom stereocenters. The van der Waals surface area contributed by atoms with Gasteiger partial charge in [-0.05, 0) is 38.5 Å². The van der Waals surface area contributed by atoms with Gasteiger partial charge in [-0.15, -0.1) is 0 Å². The summed E-state index contributed by atoms with van der Waals surface area (Å²) in [6.45, 7) is 0.940. The van der Waals surface area contributed by atoms with E-state index >= 15 is 0 Å². The van der Waals surface area contributed by atoms with E-state index in [9.17, 15) is 9.59 Å². The van der Waals surface area contributed by atoms with Crippen LogP contribution in [-0.4, -0.2) is 51.9 Å². The van der Waals surface area contributed by atoms with E-state index in [4.69, 9.17) is 5.26 Å². The quantitative estimate of drug-likeness (QED) is 0.817. The van der Waals surface area contributed by atoms with Crippen LogP contribution in [0.4, 0.5) is 5.69 Å². The highest BCUT2D eigenvalue weighted by Crippen LogP contribution is 2.25. The average Bonchev–Trinajstić information content (AvgIpc) is 3.16. The van der Waals surface area contributed by atoms with Crippen LogP contribution < -0.4 is 10.6 Å². The fourth-order valence-electron chi connectivity index (χ4n) is 3.70. The number of nitrogens with one attached hydrogen (secondary N) is 2. The molecule has 1 saturated carbocycles. The molecule has 1 aliphatic heterocycles. The minimum atomic E-state index is -0.273. The van der Waals surface area contributed by atoms with Gasteiger partial charge in [0.2, 0.25) is 11.8 Å². The van der Waals surface area contributed by atoms with Crippen LogP contribution in [0.15, 0.2) is 18.7 Å². The SMILES string of the molecule is N#C[C@@H]1CCCN1C(=O)CNC1CCC(C(=O)Nc2cncnc2)CC1. The molecule has 8 heteroatoms. The Bertz CT molecular complexity index is 666. The maximum atomic E-state index is 12.3. The third kappa shape index (κ3) is 4.55. The van der Waals surface area contributed by atoms with E-state index in [0.29, 0.717) is 12.2 Å². The summed E-state index contributed by atoms with van der Waals surface area (Å²) in [5.41, 5.74) is 0.612. The fourth-order valence-corrected chi connectivity index (χ4v) is 3.70. The lowest BCUT2D eigenvalue weighted by molar-refractivity contribution is -0.130. The molecule has 26 heavy (non-hydrogen) atoms. The molecule has 1 saturated heterocycles. The summed E-state index contributed by atoms with van der Waals surface area (Å²) in [7, 11) is 0. The van der Waals surface area contributed by atoms with Crippen LogP contribution in [0.2, 0.25) is 0 Å². The molecule has 1 aromatic rings. The largest absolute Gasteiger partial charge is 0.326 e. The van der Waals surface area contributed by atoms with E-state index in [1.54, 1.807) is 17.3 Å². The summed E-state index contributed by atoms with van der Waals surface area (Å²) in [5.74, 6) is -0.0215. The molecule has 2 heterocycles. The van der Waals surface area contributed by atoms with Crippen molar-refractivity contribution in [1.29, 1.82) is 5.26 Å². The van der Waals surface area contributed by atoms with Gasteiger partial charge >= 0.3 is 0 Å². The standard InChI is InChI=1S/C18H24N6O2/c19-8-16-2-1-7-24(16)17(25)11-22-14-5-3-13(4-6-14)18(26)23-15-9-20-12-21-10-15/h9-10,12-14,16,22H,1-7,11H2,(H,23,26)/t13?,14?,16-/m0/s1. The van der Waals surface area contributed by atoms with Crippen LogP contribution in [0.5, 0.6) is 0 Å². The minimum absolute atomic E-state index is 0.00186. The molecule has 8 nitrogen and oxygen atoms in total. The van der Waals surface area contributed by atoms with Gasteiger partial charge < -0.3 is 15.5 Å². The molecule has 138 valence electrons. The number of aromatic nitrogens is 2. The van der Waals surface area contributed by atoms with Crippen molar-refractivity contribution in [2.75, 3.05) is 18.4 Å².